The summed E-state index contributed by atoms with van der Waals surface area (Å²) in [5.74, 6) is -2.07. The summed E-state index contributed by atoms with van der Waals surface area (Å²) in [4.78, 5) is 23.7. The minimum Gasteiger partial charge on any atom is -0.459 e. The molecule has 0 aromatic heterocycles. The largest absolute Gasteiger partial charge is 0.459 e. The molecular formula is C16H22O4. The molecule has 0 heterocycles. The van der Waals surface area contributed by atoms with Gasteiger partial charge in [0.2, 0.25) is 0 Å². The summed E-state index contributed by atoms with van der Waals surface area (Å²) in [7, 11) is 0. The highest BCUT2D eigenvalue weighted by Crippen LogP contribution is 2.19. The molecule has 0 bridgehead atoms. The molecule has 2 atom stereocenters. The lowest BCUT2D eigenvalue weighted by Gasteiger charge is -2.22. The highest BCUT2D eigenvalue weighted by atomic mass is 16.6. The summed E-state index contributed by atoms with van der Waals surface area (Å²) in [6.45, 7) is 8.55. The molecule has 110 valence electrons. The van der Waals surface area contributed by atoms with Gasteiger partial charge < -0.3 is 9.47 Å². The lowest BCUT2D eigenvalue weighted by molar-refractivity contribution is -0.170. The van der Waals surface area contributed by atoms with Crippen molar-refractivity contribution in [2.45, 2.75) is 46.3 Å². The van der Waals surface area contributed by atoms with Gasteiger partial charge in [0.15, 0.2) is 5.92 Å². The number of ether oxygens (including phenoxy) is 2. The number of carbonyl (C=O) groups excluding carboxylic acids is 2. The predicted molar refractivity (Wildman–Crippen MR) is 76.0 cm³/mol. The monoisotopic (exact) mass is 278 g/mol. The topological polar surface area (TPSA) is 52.6 Å². The predicted octanol–water partition coefficient (Wildman–Crippen LogP) is 3.27. The Morgan fingerprint density at radius 3 is 2.05 bits per heavy atom. The van der Waals surface area contributed by atoms with Gasteiger partial charge in [-0.25, -0.2) is 0 Å². The van der Waals surface area contributed by atoms with E-state index in [-0.39, 0.29) is 0 Å². The Morgan fingerprint density at radius 1 is 1.00 bits per heavy atom. The molecule has 0 fully saturated rings. The SMILES string of the molecule is CC(C(=O)O[C@H](C)c1ccccc1)C(=O)OC(C)(C)C. The van der Waals surface area contributed by atoms with E-state index in [0.717, 1.165) is 5.56 Å². The minimum absolute atomic E-state index is 0.395. The zero-order valence-corrected chi connectivity index (χ0v) is 12.7. The van der Waals surface area contributed by atoms with Gasteiger partial charge in [0.1, 0.15) is 11.7 Å². The molecule has 1 aromatic rings. The Bertz CT molecular complexity index is 459. The van der Waals surface area contributed by atoms with Crippen molar-refractivity contribution < 1.29 is 19.1 Å². The molecule has 0 amide bonds. The van der Waals surface area contributed by atoms with E-state index in [1.54, 1.807) is 27.7 Å². The van der Waals surface area contributed by atoms with Crippen LogP contribution < -0.4 is 0 Å². The molecule has 0 saturated carbocycles. The Balaban J connectivity index is 2.60. The normalized spacial score (nSPS) is 14.2. The molecule has 20 heavy (non-hydrogen) atoms. The maximum atomic E-state index is 11.9. The van der Waals surface area contributed by atoms with E-state index in [2.05, 4.69) is 0 Å². The van der Waals surface area contributed by atoms with Gasteiger partial charge in [-0.2, -0.15) is 0 Å². The second-order valence-corrected chi connectivity index (χ2v) is 5.74. The fourth-order valence-electron chi connectivity index (χ4n) is 1.55. The lowest BCUT2D eigenvalue weighted by atomic mass is 10.1. The van der Waals surface area contributed by atoms with Crippen molar-refractivity contribution in [2.75, 3.05) is 0 Å². The average molecular weight is 278 g/mol. The second kappa shape index (κ2) is 6.55. The van der Waals surface area contributed by atoms with Crippen LogP contribution in [0.4, 0.5) is 0 Å². The fraction of sp³-hybridized carbons (Fsp3) is 0.500. The Morgan fingerprint density at radius 2 is 1.55 bits per heavy atom. The van der Waals surface area contributed by atoms with Crippen LogP contribution in [-0.4, -0.2) is 17.5 Å². The van der Waals surface area contributed by atoms with Gasteiger partial charge in [-0.05, 0) is 40.2 Å². The number of benzene rings is 1. The molecule has 0 aliphatic carbocycles. The van der Waals surface area contributed by atoms with Crippen molar-refractivity contribution in [1.82, 2.24) is 0 Å². The molecule has 4 nitrogen and oxygen atoms in total. The summed E-state index contributed by atoms with van der Waals surface area (Å²) >= 11 is 0. The van der Waals surface area contributed by atoms with Crippen LogP contribution >= 0.6 is 0 Å². The third-order valence-electron chi connectivity index (χ3n) is 2.68. The Kier molecular flexibility index (Phi) is 5.31. The highest BCUT2D eigenvalue weighted by molar-refractivity contribution is 5.94. The summed E-state index contributed by atoms with van der Waals surface area (Å²) in [6, 6.07) is 9.38. The van der Waals surface area contributed by atoms with Gasteiger partial charge in [-0.1, -0.05) is 30.3 Å². The van der Waals surface area contributed by atoms with E-state index in [4.69, 9.17) is 9.47 Å². The molecule has 1 aromatic carbocycles. The first-order chi connectivity index (χ1) is 9.20. The Hall–Kier alpha value is -1.84. The van der Waals surface area contributed by atoms with Gasteiger partial charge in [0, 0.05) is 0 Å². The molecular weight excluding hydrogens is 256 g/mol. The molecule has 0 spiro atoms. The van der Waals surface area contributed by atoms with Gasteiger partial charge in [-0.3, -0.25) is 9.59 Å². The maximum absolute atomic E-state index is 11.9. The minimum atomic E-state index is -0.930. The summed E-state index contributed by atoms with van der Waals surface area (Å²) < 4.78 is 10.5. The summed E-state index contributed by atoms with van der Waals surface area (Å²) in [6.07, 6.45) is -0.395. The van der Waals surface area contributed by atoms with Crippen molar-refractivity contribution in [1.29, 1.82) is 0 Å². The standard InChI is InChI=1S/C16H22O4/c1-11(15(18)20-16(3,4)5)14(17)19-12(2)13-9-7-6-8-10-13/h6-12H,1-5H3/t11?,12-/m1/s1. The van der Waals surface area contributed by atoms with Crippen molar-refractivity contribution in [3.63, 3.8) is 0 Å². The molecule has 4 heteroatoms. The molecule has 0 aliphatic rings. The molecule has 0 N–H and O–H groups in total. The number of esters is 2. The third kappa shape index (κ3) is 5.03. The van der Waals surface area contributed by atoms with Crippen LogP contribution in [-0.2, 0) is 19.1 Å². The van der Waals surface area contributed by atoms with Gasteiger partial charge in [0.05, 0.1) is 0 Å². The molecule has 1 rings (SSSR count). The first-order valence-corrected chi connectivity index (χ1v) is 6.69. The quantitative estimate of drug-likeness (QED) is 0.626. The molecule has 0 radical (unpaired) electrons. The molecule has 0 aliphatic heterocycles. The summed E-state index contributed by atoms with van der Waals surface area (Å²) in [5, 5.41) is 0. The number of hydrogen-bond acceptors (Lipinski definition) is 4. The van der Waals surface area contributed by atoms with E-state index < -0.39 is 29.6 Å². The smallest absolute Gasteiger partial charge is 0.320 e. The average Bonchev–Trinajstić information content (AvgIpc) is 2.36. The zero-order valence-electron chi connectivity index (χ0n) is 12.7. The van der Waals surface area contributed by atoms with Crippen molar-refractivity contribution in [2.24, 2.45) is 5.92 Å². The van der Waals surface area contributed by atoms with Gasteiger partial charge in [0.25, 0.3) is 0 Å². The van der Waals surface area contributed by atoms with Crippen LogP contribution in [0.25, 0.3) is 0 Å². The number of rotatable bonds is 4. The third-order valence-corrected chi connectivity index (χ3v) is 2.68. The second-order valence-electron chi connectivity index (χ2n) is 5.74. The fourth-order valence-corrected chi connectivity index (χ4v) is 1.55. The maximum Gasteiger partial charge on any atom is 0.320 e. The van der Waals surface area contributed by atoms with E-state index in [1.165, 1.54) is 6.92 Å². The van der Waals surface area contributed by atoms with Crippen molar-refractivity contribution >= 4 is 11.9 Å². The van der Waals surface area contributed by atoms with Crippen LogP contribution in [0.5, 0.6) is 0 Å². The van der Waals surface area contributed by atoms with Crippen LogP contribution in [0.1, 0.15) is 46.3 Å². The van der Waals surface area contributed by atoms with Crippen LogP contribution in [0, 0.1) is 5.92 Å². The first-order valence-electron chi connectivity index (χ1n) is 6.69. The van der Waals surface area contributed by atoms with Crippen molar-refractivity contribution in [3.05, 3.63) is 35.9 Å². The number of carbonyl (C=O) groups is 2. The van der Waals surface area contributed by atoms with Crippen molar-refractivity contribution in [3.8, 4) is 0 Å². The Labute approximate surface area is 120 Å². The molecule has 0 saturated heterocycles. The summed E-state index contributed by atoms with van der Waals surface area (Å²) in [5.41, 5.74) is 0.272. The van der Waals surface area contributed by atoms with E-state index in [0.29, 0.717) is 0 Å². The van der Waals surface area contributed by atoms with E-state index >= 15 is 0 Å². The van der Waals surface area contributed by atoms with Crippen LogP contribution in [0.2, 0.25) is 0 Å². The van der Waals surface area contributed by atoms with Crippen LogP contribution in [0.15, 0.2) is 30.3 Å². The zero-order chi connectivity index (χ0) is 15.3. The lowest BCUT2D eigenvalue weighted by Crippen LogP contribution is -2.32. The van der Waals surface area contributed by atoms with E-state index in [1.807, 2.05) is 30.3 Å². The molecule has 1 unspecified atom stereocenters. The van der Waals surface area contributed by atoms with Gasteiger partial charge in [-0.15, -0.1) is 0 Å². The first kappa shape index (κ1) is 16.2. The number of hydrogen-bond donors (Lipinski definition) is 0. The van der Waals surface area contributed by atoms with Crippen LogP contribution in [0.3, 0.4) is 0 Å². The van der Waals surface area contributed by atoms with Gasteiger partial charge >= 0.3 is 11.9 Å². The van der Waals surface area contributed by atoms with E-state index in [9.17, 15) is 9.59 Å². The highest BCUT2D eigenvalue weighted by Gasteiger charge is 2.29.